The van der Waals surface area contributed by atoms with Crippen molar-refractivity contribution in [1.29, 1.82) is 0 Å². The van der Waals surface area contributed by atoms with Gasteiger partial charge in [0, 0.05) is 7.11 Å². The van der Waals surface area contributed by atoms with E-state index >= 15 is 0 Å². The van der Waals surface area contributed by atoms with Gasteiger partial charge in [-0.05, 0) is 6.42 Å². The van der Waals surface area contributed by atoms with Crippen LogP contribution in [0.15, 0.2) is 0 Å². The molecule has 4 nitrogen and oxygen atoms in total. The van der Waals surface area contributed by atoms with E-state index in [9.17, 15) is 4.21 Å². The SMILES string of the molecule is CCCCCCO[S@](=O)OC[C@@H](Cl)COC. The molecule has 0 heterocycles. The van der Waals surface area contributed by atoms with E-state index in [1.54, 1.807) is 7.11 Å². The molecule has 0 aliphatic rings. The molecule has 0 saturated carbocycles. The molecule has 0 bridgehead atoms. The largest absolute Gasteiger partial charge is 0.383 e. The molecule has 0 fully saturated rings. The summed E-state index contributed by atoms with van der Waals surface area (Å²) in [5.74, 6) is 0. The lowest BCUT2D eigenvalue weighted by Crippen LogP contribution is -2.17. The van der Waals surface area contributed by atoms with Gasteiger partial charge in [-0.25, -0.2) is 0 Å². The number of unbranched alkanes of at least 4 members (excludes halogenated alkanes) is 3. The minimum absolute atomic E-state index is 0.164. The summed E-state index contributed by atoms with van der Waals surface area (Å²) >= 11 is 4.10. The number of alkyl halides is 1. The first kappa shape index (κ1) is 16.3. The third-order valence-corrected chi connectivity index (χ3v) is 2.81. The van der Waals surface area contributed by atoms with Crippen LogP contribution < -0.4 is 0 Å². The number of methoxy groups -OCH3 is 1. The summed E-state index contributed by atoms with van der Waals surface area (Å²) in [4.78, 5) is 0. The van der Waals surface area contributed by atoms with Gasteiger partial charge in [-0.2, -0.15) is 4.21 Å². The molecule has 0 aliphatic carbocycles. The van der Waals surface area contributed by atoms with E-state index in [0.717, 1.165) is 12.8 Å². The van der Waals surface area contributed by atoms with Crippen LogP contribution in [0.5, 0.6) is 0 Å². The summed E-state index contributed by atoms with van der Waals surface area (Å²) in [6.45, 7) is 3.13. The number of hydrogen-bond donors (Lipinski definition) is 0. The molecular formula is C10H21ClO4S. The van der Waals surface area contributed by atoms with Gasteiger partial charge in [-0.15, -0.1) is 11.6 Å². The molecule has 2 atom stereocenters. The van der Waals surface area contributed by atoms with Gasteiger partial charge in [0.15, 0.2) is 0 Å². The van der Waals surface area contributed by atoms with Gasteiger partial charge in [0.1, 0.15) is 0 Å². The van der Waals surface area contributed by atoms with Crippen molar-refractivity contribution in [2.24, 2.45) is 0 Å². The van der Waals surface area contributed by atoms with Gasteiger partial charge in [-0.3, -0.25) is 8.37 Å². The first-order valence-corrected chi connectivity index (χ1v) is 6.95. The summed E-state index contributed by atoms with van der Waals surface area (Å²) in [6.07, 6.45) is 4.35. The van der Waals surface area contributed by atoms with E-state index in [0.29, 0.717) is 13.2 Å². The molecule has 0 N–H and O–H groups in total. The Morgan fingerprint density at radius 1 is 1.19 bits per heavy atom. The van der Waals surface area contributed by atoms with Crippen molar-refractivity contribution in [3.05, 3.63) is 0 Å². The zero-order valence-corrected chi connectivity index (χ0v) is 11.5. The molecule has 0 spiro atoms. The molecule has 6 heteroatoms. The van der Waals surface area contributed by atoms with Crippen molar-refractivity contribution >= 4 is 23.0 Å². The quantitative estimate of drug-likeness (QED) is 0.428. The normalized spacial score (nSPS) is 14.9. The van der Waals surface area contributed by atoms with Crippen molar-refractivity contribution in [3.8, 4) is 0 Å². The first-order valence-electron chi connectivity index (χ1n) is 5.52. The van der Waals surface area contributed by atoms with Crippen LogP contribution in [0, 0.1) is 0 Å². The maximum Gasteiger partial charge on any atom is 0.304 e. The average Bonchev–Trinajstić information content (AvgIpc) is 2.26. The number of halogens is 1. The third-order valence-electron chi connectivity index (χ3n) is 1.87. The topological polar surface area (TPSA) is 44.8 Å². The van der Waals surface area contributed by atoms with E-state index in [-0.39, 0.29) is 12.0 Å². The highest BCUT2D eigenvalue weighted by atomic mass is 35.5. The maximum absolute atomic E-state index is 11.2. The predicted molar refractivity (Wildman–Crippen MR) is 65.7 cm³/mol. The second kappa shape index (κ2) is 11.8. The molecule has 16 heavy (non-hydrogen) atoms. The van der Waals surface area contributed by atoms with E-state index in [4.69, 9.17) is 24.7 Å². The predicted octanol–water partition coefficient (Wildman–Crippen LogP) is 2.43. The lowest BCUT2D eigenvalue weighted by atomic mass is 10.2. The zero-order valence-electron chi connectivity index (χ0n) is 9.95. The standard InChI is InChI=1S/C10H21ClO4S/c1-3-4-5-6-7-14-16(12)15-9-10(11)8-13-2/h10H,3-9H2,1-2H3/t10-,16-/m0/s1. The fraction of sp³-hybridized carbons (Fsp3) is 1.00. The molecule has 0 saturated heterocycles. The molecular weight excluding hydrogens is 252 g/mol. The number of rotatable bonds is 11. The maximum atomic E-state index is 11.2. The lowest BCUT2D eigenvalue weighted by Gasteiger charge is -2.08. The molecule has 0 rings (SSSR count). The number of hydrogen-bond acceptors (Lipinski definition) is 4. The van der Waals surface area contributed by atoms with Gasteiger partial charge in [-0.1, -0.05) is 26.2 Å². The summed E-state index contributed by atoms with van der Waals surface area (Å²) in [5, 5.41) is -0.294. The summed E-state index contributed by atoms with van der Waals surface area (Å²) in [5.41, 5.74) is 0. The Balaban J connectivity index is 3.30. The van der Waals surface area contributed by atoms with Crippen LogP contribution in [-0.4, -0.2) is 36.5 Å². The Kier molecular flexibility index (Phi) is 12.0. The Morgan fingerprint density at radius 2 is 1.94 bits per heavy atom. The highest BCUT2D eigenvalue weighted by Gasteiger charge is 2.08. The summed E-state index contributed by atoms with van der Waals surface area (Å²) in [6, 6.07) is 0. The van der Waals surface area contributed by atoms with E-state index in [2.05, 4.69) is 6.92 Å². The highest BCUT2D eigenvalue weighted by molar-refractivity contribution is 7.75. The van der Waals surface area contributed by atoms with Crippen LogP contribution in [0.2, 0.25) is 0 Å². The smallest absolute Gasteiger partial charge is 0.304 e. The van der Waals surface area contributed by atoms with E-state index in [1.807, 2.05) is 0 Å². The van der Waals surface area contributed by atoms with Crippen molar-refractivity contribution in [2.75, 3.05) is 26.9 Å². The van der Waals surface area contributed by atoms with E-state index < -0.39 is 11.4 Å². The third kappa shape index (κ3) is 10.8. The molecule has 98 valence electrons. The first-order chi connectivity index (χ1) is 7.70. The van der Waals surface area contributed by atoms with Gasteiger partial charge >= 0.3 is 11.4 Å². The lowest BCUT2D eigenvalue weighted by molar-refractivity contribution is 0.171. The van der Waals surface area contributed by atoms with Crippen molar-refractivity contribution in [1.82, 2.24) is 0 Å². The van der Waals surface area contributed by atoms with Gasteiger partial charge in [0.25, 0.3) is 0 Å². The Morgan fingerprint density at radius 3 is 2.56 bits per heavy atom. The second-order valence-corrected chi connectivity index (χ2v) is 4.92. The van der Waals surface area contributed by atoms with Crippen molar-refractivity contribution in [2.45, 2.75) is 38.0 Å². The van der Waals surface area contributed by atoms with Crippen LogP contribution in [0.3, 0.4) is 0 Å². The fourth-order valence-electron chi connectivity index (χ4n) is 1.05. The Bertz CT molecular complexity index is 180. The zero-order chi connectivity index (χ0) is 12.2. The monoisotopic (exact) mass is 272 g/mol. The van der Waals surface area contributed by atoms with Crippen LogP contribution >= 0.6 is 11.6 Å². The summed E-state index contributed by atoms with van der Waals surface area (Å²) < 4.78 is 25.8. The average molecular weight is 273 g/mol. The number of ether oxygens (including phenoxy) is 1. The molecule has 0 aromatic rings. The second-order valence-electron chi connectivity index (χ2n) is 3.42. The minimum Gasteiger partial charge on any atom is -0.383 e. The highest BCUT2D eigenvalue weighted by Crippen LogP contribution is 2.02. The summed E-state index contributed by atoms with van der Waals surface area (Å²) in [7, 11) is 1.55. The molecule has 0 radical (unpaired) electrons. The van der Waals surface area contributed by atoms with Gasteiger partial charge < -0.3 is 4.74 Å². The van der Waals surface area contributed by atoms with Gasteiger partial charge in [0.05, 0.1) is 25.2 Å². The molecule has 0 aromatic heterocycles. The molecule has 0 aromatic carbocycles. The fourth-order valence-corrected chi connectivity index (χ4v) is 1.91. The van der Waals surface area contributed by atoms with Crippen LogP contribution in [0.25, 0.3) is 0 Å². The van der Waals surface area contributed by atoms with Crippen molar-refractivity contribution < 1.29 is 17.3 Å². The van der Waals surface area contributed by atoms with E-state index in [1.165, 1.54) is 12.8 Å². The Labute approximate surface area is 105 Å². The van der Waals surface area contributed by atoms with Crippen LogP contribution in [0.1, 0.15) is 32.6 Å². The molecule has 0 amide bonds. The molecule has 0 unspecified atom stereocenters. The van der Waals surface area contributed by atoms with Gasteiger partial charge in [0.2, 0.25) is 0 Å². The van der Waals surface area contributed by atoms with Crippen molar-refractivity contribution in [3.63, 3.8) is 0 Å². The molecule has 0 aliphatic heterocycles. The minimum atomic E-state index is -1.69. The van der Waals surface area contributed by atoms with Crippen LogP contribution in [0.4, 0.5) is 0 Å². The van der Waals surface area contributed by atoms with Crippen LogP contribution in [-0.2, 0) is 24.5 Å². The Hall–Kier alpha value is 0.320.